The number of rotatable bonds is 5. The molecule has 7 nitrogen and oxygen atoms in total. The summed E-state index contributed by atoms with van der Waals surface area (Å²) in [5.74, 6) is 0.808. The molecule has 2 rings (SSSR count). The van der Waals surface area contributed by atoms with Crippen molar-refractivity contribution >= 4 is 23.2 Å². The van der Waals surface area contributed by atoms with E-state index in [4.69, 9.17) is 16.7 Å². The molecule has 0 aliphatic carbocycles. The number of amides is 1. The van der Waals surface area contributed by atoms with E-state index in [2.05, 4.69) is 21.1 Å². The normalized spacial score (nSPS) is 15.6. The molecular formula is C12H19N5O2S. The van der Waals surface area contributed by atoms with Crippen molar-refractivity contribution in [1.82, 2.24) is 26.0 Å². The number of aromatic nitrogens is 1. The molecule has 0 aromatic carbocycles. The van der Waals surface area contributed by atoms with Gasteiger partial charge in [0.25, 0.3) is 0 Å². The van der Waals surface area contributed by atoms with Crippen molar-refractivity contribution in [3.63, 3.8) is 0 Å². The molecule has 0 unspecified atom stereocenters. The molecule has 1 aliphatic heterocycles. The largest absolute Gasteiger partial charge is 0.361 e. The summed E-state index contributed by atoms with van der Waals surface area (Å²) in [5.41, 5.74) is 1.95. The first-order chi connectivity index (χ1) is 9.56. The number of nitrogens with zero attached hydrogens (tertiary/aromatic N) is 2. The van der Waals surface area contributed by atoms with Crippen LogP contribution < -0.4 is 16.0 Å². The molecular weight excluding hydrogens is 278 g/mol. The van der Waals surface area contributed by atoms with Gasteiger partial charge in [-0.15, -0.1) is 0 Å². The second-order valence-corrected chi connectivity index (χ2v) is 5.14. The number of thiocarbonyl (C=S) groups is 1. The Morgan fingerprint density at radius 1 is 1.45 bits per heavy atom. The second-order valence-electron chi connectivity index (χ2n) is 4.73. The summed E-state index contributed by atoms with van der Waals surface area (Å²) in [4.78, 5) is 13.7. The summed E-state index contributed by atoms with van der Waals surface area (Å²) in [6.07, 6.45) is 0.730. The first kappa shape index (κ1) is 14.7. The van der Waals surface area contributed by atoms with Crippen LogP contribution in [0.3, 0.4) is 0 Å². The summed E-state index contributed by atoms with van der Waals surface area (Å²) in [5, 5.41) is 13.4. The number of nitrogens with one attached hydrogen (secondary N) is 3. The van der Waals surface area contributed by atoms with Crippen LogP contribution in [0.15, 0.2) is 4.52 Å². The summed E-state index contributed by atoms with van der Waals surface area (Å²) in [6, 6.07) is 0. The molecule has 2 heterocycles. The van der Waals surface area contributed by atoms with E-state index in [-0.39, 0.29) is 5.91 Å². The predicted octanol–water partition coefficient (Wildman–Crippen LogP) is -0.355. The number of hydrogen-bond acceptors (Lipinski definition) is 5. The van der Waals surface area contributed by atoms with Crippen LogP contribution in [-0.2, 0) is 11.2 Å². The van der Waals surface area contributed by atoms with Gasteiger partial charge in [-0.25, -0.2) is 0 Å². The fourth-order valence-electron chi connectivity index (χ4n) is 2.04. The molecule has 0 saturated carbocycles. The summed E-state index contributed by atoms with van der Waals surface area (Å²) < 4.78 is 5.08. The van der Waals surface area contributed by atoms with E-state index in [9.17, 15) is 4.79 Å². The number of aryl methyl sites for hydroxylation is 2. The predicted molar refractivity (Wildman–Crippen MR) is 78.0 cm³/mol. The summed E-state index contributed by atoms with van der Waals surface area (Å²) in [7, 11) is 0. The van der Waals surface area contributed by atoms with Crippen molar-refractivity contribution in [3.05, 3.63) is 17.0 Å². The van der Waals surface area contributed by atoms with Gasteiger partial charge in [0.05, 0.1) is 25.6 Å². The van der Waals surface area contributed by atoms with Gasteiger partial charge in [-0.1, -0.05) is 5.16 Å². The third-order valence-electron chi connectivity index (χ3n) is 3.17. The zero-order valence-corrected chi connectivity index (χ0v) is 12.5. The highest BCUT2D eigenvalue weighted by Crippen LogP contribution is 2.11. The maximum Gasteiger partial charge on any atom is 0.234 e. The van der Waals surface area contributed by atoms with Crippen molar-refractivity contribution < 1.29 is 9.32 Å². The van der Waals surface area contributed by atoms with Gasteiger partial charge in [-0.2, -0.15) is 0 Å². The Morgan fingerprint density at radius 2 is 2.15 bits per heavy atom. The third kappa shape index (κ3) is 3.91. The van der Waals surface area contributed by atoms with E-state index < -0.39 is 0 Å². The summed E-state index contributed by atoms with van der Waals surface area (Å²) >= 11 is 4.95. The van der Waals surface area contributed by atoms with Gasteiger partial charge in [0.2, 0.25) is 5.91 Å². The molecule has 0 atom stereocenters. The number of carbonyl (C=O) groups is 1. The second kappa shape index (κ2) is 6.67. The zero-order chi connectivity index (χ0) is 14.5. The monoisotopic (exact) mass is 297 g/mol. The van der Waals surface area contributed by atoms with Crippen LogP contribution in [0, 0.1) is 13.8 Å². The van der Waals surface area contributed by atoms with Crippen molar-refractivity contribution in [2.75, 3.05) is 26.4 Å². The Bertz CT molecular complexity index is 473. The topological polar surface area (TPSA) is 82.4 Å². The minimum Gasteiger partial charge on any atom is -0.361 e. The van der Waals surface area contributed by atoms with Gasteiger partial charge in [-0.3, -0.25) is 9.69 Å². The molecule has 1 aromatic heterocycles. The minimum atomic E-state index is -0.00632. The van der Waals surface area contributed by atoms with Crippen molar-refractivity contribution in [2.45, 2.75) is 20.3 Å². The molecule has 8 heteroatoms. The lowest BCUT2D eigenvalue weighted by Crippen LogP contribution is -2.55. The molecule has 1 aliphatic rings. The lowest BCUT2D eigenvalue weighted by molar-refractivity contribution is -0.122. The maximum atomic E-state index is 11.8. The minimum absolute atomic E-state index is 0.00632. The van der Waals surface area contributed by atoms with Gasteiger partial charge < -0.3 is 20.5 Å². The molecule has 20 heavy (non-hydrogen) atoms. The highest BCUT2D eigenvalue weighted by Gasteiger charge is 2.15. The van der Waals surface area contributed by atoms with Gasteiger partial charge in [0.15, 0.2) is 5.11 Å². The molecule has 0 spiro atoms. The SMILES string of the molecule is Cc1noc(C)c1CCNC(=O)CN1CNC(=S)NC1. The van der Waals surface area contributed by atoms with Crippen molar-refractivity contribution in [3.8, 4) is 0 Å². The smallest absolute Gasteiger partial charge is 0.234 e. The van der Waals surface area contributed by atoms with E-state index in [1.807, 2.05) is 18.7 Å². The first-order valence-electron chi connectivity index (χ1n) is 6.49. The third-order valence-corrected chi connectivity index (χ3v) is 3.46. The highest BCUT2D eigenvalue weighted by atomic mass is 32.1. The molecule has 1 amide bonds. The molecule has 1 fully saturated rings. The molecule has 1 saturated heterocycles. The van der Waals surface area contributed by atoms with Crippen LogP contribution in [0.25, 0.3) is 0 Å². The van der Waals surface area contributed by atoms with Crippen LogP contribution in [0.1, 0.15) is 17.0 Å². The fraction of sp³-hybridized carbons (Fsp3) is 0.583. The lowest BCUT2D eigenvalue weighted by Gasteiger charge is -2.28. The number of hydrogen-bond donors (Lipinski definition) is 3. The molecule has 0 radical (unpaired) electrons. The van der Waals surface area contributed by atoms with Crippen LogP contribution in [0.2, 0.25) is 0 Å². The molecule has 3 N–H and O–H groups in total. The summed E-state index contributed by atoms with van der Waals surface area (Å²) in [6.45, 7) is 5.87. The highest BCUT2D eigenvalue weighted by molar-refractivity contribution is 7.80. The average Bonchev–Trinajstić information content (AvgIpc) is 2.73. The van der Waals surface area contributed by atoms with Gasteiger partial charge in [-0.05, 0) is 32.5 Å². The van der Waals surface area contributed by atoms with Crippen molar-refractivity contribution in [2.24, 2.45) is 0 Å². The fourth-order valence-corrected chi connectivity index (χ4v) is 2.17. The van der Waals surface area contributed by atoms with E-state index in [1.165, 1.54) is 0 Å². The van der Waals surface area contributed by atoms with Gasteiger partial charge in [0.1, 0.15) is 5.76 Å². The maximum absolute atomic E-state index is 11.8. The van der Waals surface area contributed by atoms with E-state index >= 15 is 0 Å². The molecule has 110 valence electrons. The van der Waals surface area contributed by atoms with Gasteiger partial charge >= 0.3 is 0 Å². The first-order valence-corrected chi connectivity index (χ1v) is 6.89. The Morgan fingerprint density at radius 3 is 2.75 bits per heavy atom. The molecule has 1 aromatic rings. The van der Waals surface area contributed by atoms with Crippen LogP contribution >= 0.6 is 12.2 Å². The molecule has 0 bridgehead atoms. The van der Waals surface area contributed by atoms with E-state index in [1.54, 1.807) is 0 Å². The van der Waals surface area contributed by atoms with Crippen LogP contribution in [0.5, 0.6) is 0 Å². The van der Waals surface area contributed by atoms with E-state index in [0.717, 1.165) is 23.4 Å². The van der Waals surface area contributed by atoms with Gasteiger partial charge in [0, 0.05) is 12.1 Å². The van der Waals surface area contributed by atoms with Crippen LogP contribution in [0.4, 0.5) is 0 Å². The number of carbonyl (C=O) groups excluding carboxylic acids is 1. The Hall–Kier alpha value is -1.67. The Labute approximate surface area is 123 Å². The Kier molecular flexibility index (Phi) is 4.91. The lowest BCUT2D eigenvalue weighted by atomic mass is 10.1. The standard InChI is InChI=1S/C12H19N5O2S/c1-8-10(9(2)19-16-8)3-4-13-11(18)5-17-6-14-12(20)15-7-17/h3-7H2,1-2H3,(H,13,18)(H2,14,15,20). The average molecular weight is 297 g/mol. The zero-order valence-electron chi connectivity index (χ0n) is 11.7. The van der Waals surface area contributed by atoms with Crippen molar-refractivity contribution in [1.29, 1.82) is 0 Å². The Balaban J connectivity index is 1.69. The van der Waals surface area contributed by atoms with E-state index in [0.29, 0.717) is 31.5 Å². The van der Waals surface area contributed by atoms with Crippen LogP contribution in [-0.4, -0.2) is 47.5 Å². The quantitative estimate of drug-likeness (QED) is 0.641.